The number of aromatic nitrogens is 2. The van der Waals surface area contributed by atoms with E-state index in [1.807, 2.05) is 0 Å². The van der Waals surface area contributed by atoms with Crippen LogP contribution in [0.1, 0.15) is 17.4 Å². The molecule has 0 aliphatic carbocycles. The number of alkyl halides is 3. The van der Waals surface area contributed by atoms with Crippen molar-refractivity contribution in [1.29, 1.82) is 0 Å². The van der Waals surface area contributed by atoms with Gasteiger partial charge in [0.2, 0.25) is 0 Å². The number of halogens is 3. The van der Waals surface area contributed by atoms with E-state index in [0.29, 0.717) is 0 Å². The lowest BCUT2D eigenvalue weighted by Crippen LogP contribution is -2.36. The molecule has 0 saturated heterocycles. The van der Waals surface area contributed by atoms with E-state index in [1.165, 1.54) is 12.4 Å². The number of nitrogens with one attached hydrogen (secondary N) is 1. The van der Waals surface area contributed by atoms with Crippen LogP contribution in [-0.4, -0.2) is 28.2 Å². The van der Waals surface area contributed by atoms with Crippen molar-refractivity contribution in [3.8, 4) is 0 Å². The second kappa shape index (κ2) is 4.88. The Morgan fingerprint density at radius 2 is 2.19 bits per heavy atom. The highest BCUT2D eigenvalue weighted by atomic mass is 19.4. The number of nitrogens with zero attached hydrogens (tertiary/aromatic N) is 2. The van der Waals surface area contributed by atoms with Gasteiger partial charge >= 0.3 is 6.18 Å². The minimum atomic E-state index is -4.53. The van der Waals surface area contributed by atoms with Gasteiger partial charge in [0.25, 0.3) is 5.91 Å². The number of carbonyl (C=O) groups excluding carboxylic acids is 1. The van der Waals surface area contributed by atoms with E-state index in [2.05, 4.69) is 14.8 Å². The summed E-state index contributed by atoms with van der Waals surface area (Å²) in [7, 11) is 0. The SMILES string of the molecule is CC(ONC(=O)c1cnccn1)C(F)(F)F. The van der Waals surface area contributed by atoms with Crippen LogP contribution in [-0.2, 0) is 4.84 Å². The largest absolute Gasteiger partial charge is 0.416 e. The van der Waals surface area contributed by atoms with Gasteiger partial charge in [-0.15, -0.1) is 0 Å². The first-order chi connectivity index (χ1) is 7.41. The smallest absolute Gasteiger partial charge is 0.265 e. The van der Waals surface area contributed by atoms with Crippen molar-refractivity contribution in [3.63, 3.8) is 0 Å². The standard InChI is InChI=1S/C8H8F3N3O2/c1-5(8(9,10)11)16-14-7(15)6-4-12-2-3-13-6/h2-5H,1H3,(H,14,15). The fraction of sp³-hybridized carbons (Fsp3) is 0.375. The molecule has 0 fully saturated rings. The van der Waals surface area contributed by atoms with Crippen molar-refractivity contribution >= 4 is 5.91 Å². The molecule has 1 rings (SSSR count). The van der Waals surface area contributed by atoms with Crippen molar-refractivity contribution < 1.29 is 22.8 Å². The summed E-state index contributed by atoms with van der Waals surface area (Å²) in [5.74, 6) is -0.885. The Balaban J connectivity index is 2.48. The third-order valence-electron chi connectivity index (χ3n) is 1.59. The van der Waals surface area contributed by atoms with Gasteiger partial charge in [-0.05, 0) is 6.92 Å². The van der Waals surface area contributed by atoms with Gasteiger partial charge in [-0.1, -0.05) is 0 Å². The van der Waals surface area contributed by atoms with Crippen LogP contribution in [0.4, 0.5) is 13.2 Å². The molecule has 1 aromatic heterocycles. The topological polar surface area (TPSA) is 64.1 Å². The number of hydrogen-bond donors (Lipinski definition) is 1. The zero-order chi connectivity index (χ0) is 12.2. The summed E-state index contributed by atoms with van der Waals surface area (Å²) in [6.07, 6.45) is -2.95. The fourth-order valence-electron chi connectivity index (χ4n) is 0.677. The molecule has 0 aliphatic rings. The molecular weight excluding hydrogens is 227 g/mol. The van der Waals surface area contributed by atoms with Gasteiger partial charge in [0.05, 0.1) is 6.20 Å². The quantitative estimate of drug-likeness (QED) is 0.796. The van der Waals surface area contributed by atoms with Crippen LogP contribution in [0.3, 0.4) is 0 Å². The summed E-state index contributed by atoms with van der Waals surface area (Å²) in [5, 5.41) is 0. The number of rotatable bonds is 3. The molecule has 5 nitrogen and oxygen atoms in total. The molecule has 1 amide bonds. The molecule has 0 spiro atoms. The maximum Gasteiger partial charge on any atom is 0.416 e. The van der Waals surface area contributed by atoms with E-state index >= 15 is 0 Å². The molecule has 0 bridgehead atoms. The van der Waals surface area contributed by atoms with Crippen molar-refractivity contribution in [2.45, 2.75) is 19.2 Å². The van der Waals surface area contributed by atoms with Crippen LogP contribution in [0.15, 0.2) is 18.6 Å². The van der Waals surface area contributed by atoms with Crippen molar-refractivity contribution in [1.82, 2.24) is 15.4 Å². The van der Waals surface area contributed by atoms with Gasteiger partial charge in [0.1, 0.15) is 5.69 Å². The lowest BCUT2D eigenvalue weighted by Gasteiger charge is -2.15. The molecule has 8 heteroatoms. The number of carbonyl (C=O) groups is 1. The van der Waals surface area contributed by atoms with E-state index in [4.69, 9.17) is 0 Å². The van der Waals surface area contributed by atoms with E-state index in [1.54, 1.807) is 5.48 Å². The predicted molar refractivity (Wildman–Crippen MR) is 46.1 cm³/mol. The van der Waals surface area contributed by atoms with Gasteiger partial charge < -0.3 is 0 Å². The second-order valence-corrected chi connectivity index (χ2v) is 2.82. The Hall–Kier alpha value is -1.70. The molecule has 1 atom stereocenters. The monoisotopic (exact) mass is 235 g/mol. The summed E-state index contributed by atoms with van der Waals surface area (Å²) in [6.45, 7) is 0.775. The van der Waals surface area contributed by atoms with Crippen LogP contribution in [0, 0.1) is 0 Å². The normalized spacial score (nSPS) is 13.2. The lowest BCUT2D eigenvalue weighted by atomic mass is 10.4. The van der Waals surface area contributed by atoms with Crippen LogP contribution in [0.5, 0.6) is 0 Å². The highest BCUT2D eigenvalue weighted by Crippen LogP contribution is 2.21. The number of amides is 1. The molecular formula is C8H8F3N3O2. The van der Waals surface area contributed by atoms with Gasteiger partial charge in [0.15, 0.2) is 6.10 Å². The first-order valence-corrected chi connectivity index (χ1v) is 4.20. The molecule has 0 saturated carbocycles. The highest BCUT2D eigenvalue weighted by Gasteiger charge is 2.38. The third-order valence-corrected chi connectivity index (χ3v) is 1.59. The zero-order valence-electron chi connectivity index (χ0n) is 8.15. The molecule has 0 aliphatic heterocycles. The van der Waals surface area contributed by atoms with Gasteiger partial charge in [-0.3, -0.25) is 14.6 Å². The summed E-state index contributed by atoms with van der Waals surface area (Å²) in [5.41, 5.74) is 1.52. The minimum absolute atomic E-state index is 0.128. The van der Waals surface area contributed by atoms with Crippen molar-refractivity contribution in [2.75, 3.05) is 0 Å². The summed E-state index contributed by atoms with van der Waals surface area (Å²) < 4.78 is 36.0. The van der Waals surface area contributed by atoms with Gasteiger partial charge in [-0.25, -0.2) is 10.5 Å². The first-order valence-electron chi connectivity index (χ1n) is 4.20. The Morgan fingerprint density at radius 1 is 1.50 bits per heavy atom. The van der Waals surface area contributed by atoms with Crippen LogP contribution in [0.2, 0.25) is 0 Å². The highest BCUT2D eigenvalue weighted by molar-refractivity contribution is 5.91. The van der Waals surface area contributed by atoms with E-state index in [0.717, 1.165) is 13.1 Å². The predicted octanol–water partition coefficient (Wildman–Crippen LogP) is 1.09. The Kier molecular flexibility index (Phi) is 3.78. The molecule has 0 aromatic carbocycles. The average molecular weight is 235 g/mol. The lowest BCUT2D eigenvalue weighted by molar-refractivity contribution is -0.226. The van der Waals surface area contributed by atoms with Crippen LogP contribution < -0.4 is 5.48 Å². The Morgan fingerprint density at radius 3 is 2.69 bits per heavy atom. The zero-order valence-corrected chi connectivity index (χ0v) is 8.15. The minimum Gasteiger partial charge on any atom is -0.265 e. The summed E-state index contributed by atoms with van der Waals surface area (Å²) in [4.78, 5) is 22.5. The van der Waals surface area contributed by atoms with E-state index < -0.39 is 18.2 Å². The van der Waals surface area contributed by atoms with E-state index in [9.17, 15) is 18.0 Å². The molecule has 1 heterocycles. The molecule has 1 unspecified atom stereocenters. The van der Waals surface area contributed by atoms with E-state index in [-0.39, 0.29) is 5.69 Å². The number of hydrogen-bond acceptors (Lipinski definition) is 4. The van der Waals surface area contributed by atoms with Crippen molar-refractivity contribution in [2.24, 2.45) is 0 Å². The second-order valence-electron chi connectivity index (χ2n) is 2.82. The molecule has 1 N–H and O–H groups in total. The van der Waals surface area contributed by atoms with Gasteiger partial charge in [-0.2, -0.15) is 13.2 Å². The Labute approximate surface area is 88.6 Å². The first kappa shape index (κ1) is 12.4. The molecule has 16 heavy (non-hydrogen) atoms. The molecule has 88 valence electrons. The van der Waals surface area contributed by atoms with Crippen LogP contribution in [0.25, 0.3) is 0 Å². The summed E-state index contributed by atoms with van der Waals surface area (Å²) in [6, 6.07) is 0. The Bertz CT molecular complexity index is 355. The number of hydroxylamine groups is 1. The average Bonchev–Trinajstić information content (AvgIpc) is 2.25. The molecule has 0 radical (unpaired) electrons. The maximum absolute atomic E-state index is 12.0. The summed E-state index contributed by atoms with van der Waals surface area (Å²) >= 11 is 0. The molecule has 1 aromatic rings. The van der Waals surface area contributed by atoms with Crippen LogP contribution >= 0.6 is 0 Å². The van der Waals surface area contributed by atoms with Gasteiger partial charge in [0, 0.05) is 12.4 Å². The maximum atomic E-state index is 12.0. The third kappa shape index (κ3) is 3.46. The fourth-order valence-corrected chi connectivity index (χ4v) is 0.677. The van der Waals surface area contributed by atoms with Crippen molar-refractivity contribution in [3.05, 3.63) is 24.3 Å².